The van der Waals surface area contributed by atoms with Gasteiger partial charge in [-0.2, -0.15) is 0 Å². The van der Waals surface area contributed by atoms with Crippen LogP contribution in [0.1, 0.15) is 0 Å². The molecule has 10 heteroatoms. The zero-order valence-electron chi connectivity index (χ0n) is 7.46. The van der Waals surface area contributed by atoms with Gasteiger partial charge < -0.3 is 20.1 Å². The molecule has 86 valence electrons. The number of halogens is 4. The molecule has 0 radical (unpaired) electrons. The molecule has 0 unspecified atom stereocenters. The topological polar surface area (TPSA) is 80.9 Å². The molecule has 0 bridgehead atoms. The Labute approximate surface area is 87.1 Å². The molecule has 0 aliphatic carbocycles. The van der Waals surface area contributed by atoms with Gasteiger partial charge in [-0.05, 0) is 0 Å². The molecule has 0 fully saturated rings. The monoisotopic (exact) mass is 238 g/mol. The molecule has 0 amide bonds. The standard InChI is InChI=1S/C6H4B2F4O4/c9-3-1(7(13)14)2(8(15)16)4(10)6(12)5(3)11/h13-16H. The summed E-state index contributed by atoms with van der Waals surface area (Å²) >= 11 is 0. The van der Waals surface area contributed by atoms with Crippen LogP contribution >= 0.6 is 0 Å². The second kappa shape index (κ2) is 4.42. The zero-order valence-corrected chi connectivity index (χ0v) is 7.46. The van der Waals surface area contributed by atoms with Crippen LogP contribution < -0.4 is 10.9 Å². The lowest BCUT2D eigenvalue weighted by Gasteiger charge is -2.12. The first-order valence-electron chi connectivity index (χ1n) is 3.87. The van der Waals surface area contributed by atoms with Crippen molar-refractivity contribution in [3.63, 3.8) is 0 Å². The van der Waals surface area contributed by atoms with Crippen molar-refractivity contribution in [2.24, 2.45) is 0 Å². The molecule has 0 aromatic heterocycles. The molecule has 0 spiro atoms. The highest BCUT2D eigenvalue weighted by Crippen LogP contribution is 2.11. The maximum absolute atomic E-state index is 13.0. The second-order valence-corrected chi connectivity index (χ2v) is 2.83. The molecule has 16 heavy (non-hydrogen) atoms. The van der Waals surface area contributed by atoms with Gasteiger partial charge in [0.2, 0.25) is 0 Å². The van der Waals surface area contributed by atoms with E-state index in [0.29, 0.717) is 0 Å². The fourth-order valence-corrected chi connectivity index (χ4v) is 1.17. The number of benzene rings is 1. The molecular weight excluding hydrogens is 234 g/mol. The lowest BCUT2D eigenvalue weighted by atomic mass is 9.65. The summed E-state index contributed by atoms with van der Waals surface area (Å²) in [5.41, 5.74) is -2.93. The van der Waals surface area contributed by atoms with Crippen molar-refractivity contribution in [3.8, 4) is 0 Å². The van der Waals surface area contributed by atoms with Crippen LogP contribution in [0.2, 0.25) is 0 Å². The summed E-state index contributed by atoms with van der Waals surface area (Å²) in [5.74, 6) is -8.75. The molecule has 0 heterocycles. The first kappa shape index (κ1) is 13.0. The maximum Gasteiger partial charge on any atom is 0.491 e. The second-order valence-electron chi connectivity index (χ2n) is 2.83. The number of rotatable bonds is 2. The maximum atomic E-state index is 13.0. The highest BCUT2D eigenvalue weighted by atomic mass is 19.2. The van der Waals surface area contributed by atoms with Crippen molar-refractivity contribution in [1.29, 1.82) is 0 Å². The Morgan fingerprint density at radius 1 is 0.562 bits per heavy atom. The Kier molecular flexibility index (Phi) is 3.58. The van der Waals surface area contributed by atoms with E-state index in [1.165, 1.54) is 0 Å². The van der Waals surface area contributed by atoms with Crippen molar-refractivity contribution in [3.05, 3.63) is 23.3 Å². The highest BCUT2D eigenvalue weighted by Gasteiger charge is 2.35. The minimum atomic E-state index is -2.72. The van der Waals surface area contributed by atoms with Crippen molar-refractivity contribution >= 4 is 25.2 Å². The Bertz CT molecular complexity index is 387. The van der Waals surface area contributed by atoms with Crippen molar-refractivity contribution in [2.75, 3.05) is 0 Å². The van der Waals surface area contributed by atoms with Crippen LogP contribution in [0.3, 0.4) is 0 Å². The smallest absolute Gasteiger partial charge is 0.423 e. The van der Waals surface area contributed by atoms with E-state index in [2.05, 4.69) is 0 Å². The fraction of sp³-hybridized carbons (Fsp3) is 0. The molecule has 0 saturated heterocycles. The van der Waals surface area contributed by atoms with Gasteiger partial charge in [0.25, 0.3) is 0 Å². The molecular formula is C6H4B2F4O4. The van der Waals surface area contributed by atoms with Crippen LogP contribution in [0.15, 0.2) is 0 Å². The van der Waals surface area contributed by atoms with Crippen molar-refractivity contribution < 1.29 is 37.7 Å². The van der Waals surface area contributed by atoms with Crippen LogP contribution in [0, 0.1) is 23.3 Å². The zero-order chi connectivity index (χ0) is 12.6. The molecule has 0 aliphatic rings. The predicted molar refractivity (Wildman–Crippen MR) is 45.9 cm³/mol. The molecule has 1 rings (SSSR count). The van der Waals surface area contributed by atoms with Crippen LogP contribution in [-0.2, 0) is 0 Å². The van der Waals surface area contributed by atoms with E-state index in [9.17, 15) is 17.6 Å². The van der Waals surface area contributed by atoms with Gasteiger partial charge in [0.1, 0.15) is 0 Å². The summed E-state index contributed by atoms with van der Waals surface area (Å²) in [7, 11) is -5.44. The van der Waals surface area contributed by atoms with Gasteiger partial charge in [0.05, 0.1) is 0 Å². The van der Waals surface area contributed by atoms with Gasteiger partial charge in [-0.1, -0.05) is 0 Å². The quantitative estimate of drug-likeness (QED) is 0.200. The van der Waals surface area contributed by atoms with Gasteiger partial charge >= 0.3 is 14.2 Å². The van der Waals surface area contributed by atoms with E-state index in [-0.39, 0.29) is 0 Å². The summed E-state index contributed by atoms with van der Waals surface area (Å²) in [5, 5.41) is 34.4. The first-order valence-corrected chi connectivity index (χ1v) is 3.87. The van der Waals surface area contributed by atoms with Gasteiger partial charge in [-0.15, -0.1) is 0 Å². The third-order valence-electron chi connectivity index (χ3n) is 1.86. The third-order valence-corrected chi connectivity index (χ3v) is 1.86. The lowest BCUT2D eigenvalue weighted by molar-refractivity contribution is 0.392. The lowest BCUT2D eigenvalue weighted by Crippen LogP contribution is -2.54. The Morgan fingerprint density at radius 2 is 0.812 bits per heavy atom. The predicted octanol–water partition coefficient (Wildman–Crippen LogP) is -2.40. The highest BCUT2D eigenvalue weighted by molar-refractivity contribution is 6.71. The normalized spacial score (nSPS) is 10.5. The van der Waals surface area contributed by atoms with E-state index in [4.69, 9.17) is 20.1 Å². The first-order chi connectivity index (χ1) is 7.29. The summed E-state index contributed by atoms with van der Waals surface area (Å²) in [6.45, 7) is 0. The Balaban J connectivity index is 3.69. The summed E-state index contributed by atoms with van der Waals surface area (Å²) < 4.78 is 51.3. The Morgan fingerprint density at radius 3 is 1.00 bits per heavy atom. The minimum Gasteiger partial charge on any atom is -0.423 e. The van der Waals surface area contributed by atoms with E-state index >= 15 is 0 Å². The summed E-state index contributed by atoms with van der Waals surface area (Å²) in [6.07, 6.45) is 0. The van der Waals surface area contributed by atoms with Gasteiger partial charge in [0.15, 0.2) is 23.3 Å². The van der Waals surface area contributed by atoms with Gasteiger partial charge in [-0.25, -0.2) is 17.6 Å². The third kappa shape index (κ3) is 1.92. The molecule has 0 atom stereocenters. The van der Waals surface area contributed by atoms with Gasteiger partial charge in [0, 0.05) is 10.9 Å². The average Bonchev–Trinajstić information content (AvgIpc) is 2.18. The summed E-state index contributed by atoms with van der Waals surface area (Å²) in [6, 6.07) is 0. The van der Waals surface area contributed by atoms with Crippen LogP contribution in [0.4, 0.5) is 17.6 Å². The van der Waals surface area contributed by atoms with Crippen LogP contribution in [0.25, 0.3) is 0 Å². The molecule has 4 nitrogen and oxygen atoms in total. The molecule has 4 N–H and O–H groups in total. The Hall–Kier alpha value is -1.09. The van der Waals surface area contributed by atoms with Crippen LogP contribution in [0.5, 0.6) is 0 Å². The number of hydrogen-bond acceptors (Lipinski definition) is 4. The van der Waals surface area contributed by atoms with E-state index in [0.717, 1.165) is 0 Å². The average molecular weight is 238 g/mol. The SMILES string of the molecule is OB(O)c1c(F)c(F)c(F)c(F)c1B(O)O. The summed E-state index contributed by atoms with van der Waals surface area (Å²) in [4.78, 5) is 0. The largest absolute Gasteiger partial charge is 0.491 e. The van der Waals surface area contributed by atoms with E-state index < -0.39 is 48.4 Å². The van der Waals surface area contributed by atoms with Gasteiger partial charge in [-0.3, -0.25) is 0 Å². The number of hydrogen-bond donors (Lipinski definition) is 4. The van der Waals surface area contributed by atoms with Crippen molar-refractivity contribution in [2.45, 2.75) is 0 Å². The molecule has 0 aliphatic heterocycles. The van der Waals surface area contributed by atoms with Crippen LogP contribution in [-0.4, -0.2) is 34.3 Å². The molecule has 1 aromatic carbocycles. The van der Waals surface area contributed by atoms with E-state index in [1.807, 2.05) is 0 Å². The van der Waals surface area contributed by atoms with E-state index in [1.54, 1.807) is 0 Å². The molecule has 1 aromatic rings. The van der Waals surface area contributed by atoms with Crippen molar-refractivity contribution in [1.82, 2.24) is 0 Å². The fourth-order valence-electron chi connectivity index (χ4n) is 1.17. The minimum absolute atomic E-state index is 1.47. The molecule has 0 saturated carbocycles.